The third-order valence-corrected chi connectivity index (χ3v) is 4.62. The van der Waals surface area contributed by atoms with Crippen molar-refractivity contribution >= 4 is 11.6 Å². The van der Waals surface area contributed by atoms with Gasteiger partial charge in [0.2, 0.25) is 5.91 Å². The molecule has 1 N–H and O–H groups in total. The molecule has 0 radical (unpaired) electrons. The summed E-state index contributed by atoms with van der Waals surface area (Å²) in [5.74, 6) is 1.06. The first-order chi connectivity index (χ1) is 11.6. The van der Waals surface area contributed by atoms with E-state index in [1.165, 1.54) is 0 Å². The van der Waals surface area contributed by atoms with E-state index in [-0.39, 0.29) is 12.0 Å². The van der Waals surface area contributed by atoms with E-state index in [4.69, 9.17) is 4.42 Å². The Morgan fingerprint density at radius 3 is 2.75 bits per heavy atom. The molecule has 2 unspecified atom stereocenters. The first-order valence-electron chi connectivity index (χ1n) is 8.41. The van der Waals surface area contributed by atoms with Gasteiger partial charge >= 0.3 is 0 Å². The van der Waals surface area contributed by atoms with Gasteiger partial charge in [0.25, 0.3) is 0 Å². The number of piperidine rings is 1. The summed E-state index contributed by atoms with van der Waals surface area (Å²) in [6.45, 7) is 4.16. The number of amides is 1. The number of hydrogen-bond acceptors (Lipinski definition) is 4. The van der Waals surface area contributed by atoms with Gasteiger partial charge in [-0.25, -0.2) is 0 Å². The van der Waals surface area contributed by atoms with E-state index in [0.717, 1.165) is 24.4 Å². The molecule has 1 fully saturated rings. The fourth-order valence-electron chi connectivity index (χ4n) is 3.02. The molecule has 1 saturated heterocycles. The molecular formula is C19H24N2O3. The number of benzene rings is 1. The van der Waals surface area contributed by atoms with E-state index in [1.807, 2.05) is 47.4 Å². The topological polar surface area (TPSA) is 56.9 Å². The van der Waals surface area contributed by atoms with E-state index in [2.05, 4.69) is 6.92 Å². The second-order valence-corrected chi connectivity index (χ2v) is 6.46. The van der Waals surface area contributed by atoms with Gasteiger partial charge in [0.15, 0.2) is 0 Å². The molecule has 1 amide bonds. The van der Waals surface area contributed by atoms with Crippen molar-refractivity contribution in [3.63, 3.8) is 0 Å². The fraction of sp³-hybridized carbons (Fsp3) is 0.421. The monoisotopic (exact) mass is 328 g/mol. The van der Waals surface area contributed by atoms with Crippen LogP contribution in [-0.4, -0.2) is 41.7 Å². The zero-order valence-electron chi connectivity index (χ0n) is 14.0. The molecule has 0 aliphatic carbocycles. The number of carbonyl (C=O) groups is 1. The van der Waals surface area contributed by atoms with Crippen LogP contribution in [0.1, 0.15) is 19.1 Å². The highest BCUT2D eigenvalue weighted by atomic mass is 16.3. The van der Waals surface area contributed by atoms with Crippen LogP contribution in [0.5, 0.6) is 0 Å². The minimum absolute atomic E-state index is 0.0133. The van der Waals surface area contributed by atoms with Crippen molar-refractivity contribution < 1.29 is 14.3 Å². The van der Waals surface area contributed by atoms with Gasteiger partial charge in [-0.05, 0) is 43.1 Å². The highest BCUT2D eigenvalue weighted by Crippen LogP contribution is 2.20. The standard InChI is InChI=1S/C19H24N2O3/c1-15-9-10-20(13-18(15)22)14-19(23)21(12-17-8-5-11-24-17)16-6-3-2-4-7-16/h2-8,11,15,18,22H,9-10,12-14H2,1H3. The molecule has 1 aromatic carbocycles. The number of rotatable bonds is 5. The maximum Gasteiger partial charge on any atom is 0.241 e. The molecular weight excluding hydrogens is 304 g/mol. The van der Waals surface area contributed by atoms with Crippen LogP contribution in [-0.2, 0) is 11.3 Å². The van der Waals surface area contributed by atoms with Crippen LogP contribution in [0.4, 0.5) is 5.69 Å². The molecule has 1 aliphatic rings. The molecule has 2 heterocycles. The lowest BCUT2D eigenvalue weighted by atomic mass is 9.96. The highest BCUT2D eigenvalue weighted by Gasteiger charge is 2.27. The lowest BCUT2D eigenvalue weighted by Gasteiger charge is -2.35. The molecule has 5 nitrogen and oxygen atoms in total. The second kappa shape index (κ2) is 7.64. The first-order valence-corrected chi connectivity index (χ1v) is 8.41. The number of nitrogens with zero attached hydrogens (tertiary/aromatic N) is 2. The van der Waals surface area contributed by atoms with Crippen molar-refractivity contribution in [2.45, 2.75) is 26.0 Å². The minimum atomic E-state index is -0.359. The van der Waals surface area contributed by atoms with Gasteiger partial charge in [0, 0.05) is 12.2 Å². The summed E-state index contributed by atoms with van der Waals surface area (Å²) < 4.78 is 5.41. The van der Waals surface area contributed by atoms with Crippen LogP contribution in [0.15, 0.2) is 53.1 Å². The van der Waals surface area contributed by atoms with Gasteiger partial charge in [-0.1, -0.05) is 25.1 Å². The first kappa shape index (κ1) is 16.7. The van der Waals surface area contributed by atoms with Crippen LogP contribution in [0, 0.1) is 5.92 Å². The lowest BCUT2D eigenvalue weighted by molar-refractivity contribution is -0.121. The number of furan rings is 1. The molecule has 24 heavy (non-hydrogen) atoms. The zero-order valence-corrected chi connectivity index (χ0v) is 14.0. The third kappa shape index (κ3) is 4.04. The van der Waals surface area contributed by atoms with Crippen molar-refractivity contribution in [3.8, 4) is 0 Å². The molecule has 128 valence electrons. The summed E-state index contributed by atoms with van der Waals surface area (Å²) in [5, 5.41) is 10.0. The normalized spacial score (nSPS) is 21.6. The Balaban J connectivity index is 1.71. The molecule has 1 aliphatic heterocycles. The van der Waals surface area contributed by atoms with Crippen LogP contribution in [0.25, 0.3) is 0 Å². The van der Waals surface area contributed by atoms with Gasteiger partial charge < -0.3 is 14.4 Å². The zero-order chi connectivity index (χ0) is 16.9. The van der Waals surface area contributed by atoms with Crippen molar-refractivity contribution in [2.24, 2.45) is 5.92 Å². The third-order valence-electron chi connectivity index (χ3n) is 4.62. The summed E-state index contributed by atoms with van der Waals surface area (Å²) in [5.41, 5.74) is 0.852. The van der Waals surface area contributed by atoms with Crippen LogP contribution >= 0.6 is 0 Å². The summed E-state index contributed by atoms with van der Waals surface area (Å²) >= 11 is 0. The number of β-amino-alcohol motifs (C(OH)–C–C–N with tert-alkyl or cyclic N) is 1. The van der Waals surface area contributed by atoms with E-state index >= 15 is 0 Å². The Kier molecular flexibility index (Phi) is 5.33. The van der Waals surface area contributed by atoms with Gasteiger partial charge in [-0.3, -0.25) is 9.69 Å². The predicted octanol–water partition coefficient (Wildman–Crippen LogP) is 2.52. The summed E-state index contributed by atoms with van der Waals surface area (Å²) in [6.07, 6.45) is 2.17. The predicted molar refractivity (Wildman–Crippen MR) is 92.6 cm³/mol. The average Bonchev–Trinajstić information content (AvgIpc) is 3.10. The number of aliphatic hydroxyl groups is 1. The molecule has 2 atom stereocenters. The highest BCUT2D eigenvalue weighted by molar-refractivity contribution is 5.94. The van der Waals surface area contributed by atoms with Gasteiger partial charge in [-0.15, -0.1) is 0 Å². The summed E-state index contributed by atoms with van der Waals surface area (Å²) in [7, 11) is 0. The molecule has 0 saturated carbocycles. The van der Waals surface area contributed by atoms with Gasteiger partial charge in [0.1, 0.15) is 5.76 Å². The average molecular weight is 328 g/mol. The molecule has 0 bridgehead atoms. The van der Waals surface area contributed by atoms with E-state index in [9.17, 15) is 9.90 Å². The van der Waals surface area contributed by atoms with E-state index in [1.54, 1.807) is 11.2 Å². The number of hydrogen-bond donors (Lipinski definition) is 1. The quantitative estimate of drug-likeness (QED) is 0.916. The number of anilines is 1. The van der Waals surface area contributed by atoms with Crippen molar-refractivity contribution in [3.05, 3.63) is 54.5 Å². The number of para-hydroxylation sites is 1. The number of aliphatic hydroxyl groups excluding tert-OH is 1. The maximum atomic E-state index is 12.9. The maximum absolute atomic E-state index is 12.9. The SMILES string of the molecule is CC1CCN(CC(=O)N(Cc2ccco2)c2ccccc2)CC1O. The van der Waals surface area contributed by atoms with Crippen molar-refractivity contribution in [1.29, 1.82) is 0 Å². The molecule has 5 heteroatoms. The molecule has 0 spiro atoms. The Morgan fingerprint density at radius 2 is 2.08 bits per heavy atom. The largest absolute Gasteiger partial charge is 0.467 e. The van der Waals surface area contributed by atoms with Gasteiger partial charge in [0.05, 0.1) is 25.5 Å². The Labute approximate surface area is 142 Å². The van der Waals surface area contributed by atoms with Crippen LogP contribution in [0.3, 0.4) is 0 Å². The second-order valence-electron chi connectivity index (χ2n) is 6.46. The van der Waals surface area contributed by atoms with E-state index < -0.39 is 0 Å². The molecule has 3 rings (SSSR count). The smallest absolute Gasteiger partial charge is 0.241 e. The Morgan fingerprint density at radius 1 is 1.29 bits per heavy atom. The summed E-state index contributed by atoms with van der Waals surface area (Å²) in [4.78, 5) is 16.7. The summed E-state index contributed by atoms with van der Waals surface area (Å²) in [6, 6.07) is 13.3. The Hall–Kier alpha value is -2.11. The van der Waals surface area contributed by atoms with E-state index in [0.29, 0.717) is 25.6 Å². The molecule has 1 aromatic heterocycles. The van der Waals surface area contributed by atoms with Crippen LogP contribution in [0.2, 0.25) is 0 Å². The van der Waals surface area contributed by atoms with Crippen molar-refractivity contribution in [1.82, 2.24) is 4.90 Å². The van der Waals surface area contributed by atoms with Gasteiger partial charge in [-0.2, -0.15) is 0 Å². The number of carbonyl (C=O) groups excluding carboxylic acids is 1. The fourth-order valence-corrected chi connectivity index (χ4v) is 3.02. The lowest BCUT2D eigenvalue weighted by Crippen LogP contribution is -2.48. The van der Waals surface area contributed by atoms with Crippen molar-refractivity contribution in [2.75, 3.05) is 24.5 Å². The minimum Gasteiger partial charge on any atom is -0.467 e. The van der Waals surface area contributed by atoms with Crippen LogP contribution < -0.4 is 4.90 Å². The Bertz CT molecular complexity index is 642. The molecule has 2 aromatic rings. The number of likely N-dealkylation sites (tertiary alicyclic amines) is 1.